The summed E-state index contributed by atoms with van der Waals surface area (Å²) in [6.45, 7) is 4.29. The van der Waals surface area contributed by atoms with Gasteiger partial charge in [0.05, 0.1) is 17.5 Å². The molecule has 0 aliphatic carbocycles. The van der Waals surface area contributed by atoms with Gasteiger partial charge in [-0.25, -0.2) is 0 Å². The number of para-hydroxylation sites is 1. The highest BCUT2D eigenvalue weighted by Gasteiger charge is 2.35. The maximum Gasteiger partial charge on any atom is 0.256 e. The highest BCUT2D eigenvalue weighted by molar-refractivity contribution is 6.31. The molecule has 1 saturated heterocycles. The quantitative estimate of drug-likeness (QED) is 0.585. The number of carbonyl (C=O) groups is 2. The zero-order chi connectivity index (χ0) is 21.5. The summed E-state index contributed by atoms with van der Waals surface area (Å²) < 4.78 is 2.13. The molecule has 0 bridgehead atoms. The van der Waals surface area contributed by atoms with E-state index in [1.54, 1.807) is 0 Å². The number of piperidine rings is 1. The van der Waals surface area contributed by atoms with Crippen LogP contribution in [0.2, 0.25) is 5.02 Å². The van der Waals surface area contributed by atoms with Crippen molar-refractivity contribution < 1.29 is 9.59 Å². The molecular formula is C25H26ClN3O2. The summed E-state index contributed by atoms with van der Waals surface area (Å²) in [4.78, 5) is 29.9. The van der Waals surface area contributed by atoms with Gasteiger partial charge in [0.1, 0.15) is 0 Å². The molecule has 2 aliphatic heterocycles. The molecule has 0 radical (unpaired) electrons. The van der Waals surface area contributed by atoms with Crippen molar-refractivity contribution in [1.29, 1.82) is 0 Å². The van der Waals surface area contributed by atoms with Crippen LogP contribution in [0, 0.1) is 0 Å². The number of hydrogen-bond donors (Lipinski definition) is 0. The monoisotopic (exact) mass is 435 g/mol. The maximum absolute atomic E-state index is 13.4. The Balaban J connectivity index is 1.35. The average Bonchev–Trinajstić information content (AvgIpc) is 3.30. The lowest BCUT2D eigenvalue weighted by Crippen LogP contribution is -2.48. The first-order chi connectivity index (χ1) is 15.1. The molecule has 1 fully saturated rings. The van der Waals surface area contributed by atoms with Gasteiger partial charge in [-0.3, -0.25) is 9.59 Å². The normalized spacial score (nSPS) is 16.9. The van der Waals surface area contributed by atoms with Crippen LogP contribution in [0.15, 0.2) is 48.7 Å². The Kier molecular flexibility index (Phi) is 5.22. The Bertz CT molecular complexity index is 1160. The number of hydrogen-bond acceptors (Lipinski definition) is 2. The summed E-state index contributed by atoms with van der Waals surface area (Å²) in [7, 11) is 0. The van der Waals surface area contributed by atoms with Crippen molar-refractivity contribution >= 4 is 40.0 Å². The van der Waals surface area contributed by atoms with Gasteiger partial charge in [0.15, 0.2) is 0 Å². The molecule has 0 spiro atoms. The molecule has 160 valence electrons. The van der Waals surface area contributed by atoms with Crippen LogP contribution >= 0.6 is 11.6 Å². The molecule has 0 N–H and O–H groups in total. The van der Waals surface area contributed by atoms with Gasteiger partial charge in [-0.05, 0) is 43.0 Å². The van der Waals surface area contributed by atoms with E-state index in [1.165, 1.54) is 0 Å². The number of aryl methyl sites for hydroxylation is 1. The van der Waals surface area contributed by atoms with Crippen molar-refractivity contribution in [2.24, 2.45) is 0 Å². The number of rotatable bonds is 4. The summed E-state index contributed by atoms with van der Waals surface area (Å²) in [5.74, 6) is 0.235. The number of benzene rings is 2. The van der Waals surface area contributed by atoms with Crippen LogP contribution in [0.5, 0.6) is 0 Å². The van der Waals surface area contributed by atoms with Crippen molar-refractivity contribution in [3.05, 3.63) is 64.8 Å². The van der Waals surface area contributed by atoms with Gasteiger partial charge < -0.3 is 14.4 Å². The van der Waals surface area contributed by atoms with Gasteiger partial charge in [0.2, 0.25) is 5.91 Å². The first kappa shape index (κ1) is 20.1. The van der Waals surface area contributed by atoms with Crippen LogP contribution in [-0.4, -0.2) is 40.4 Å². The third-order valence-corrected chi connectivity index (χ3v) is 6.75. The molecule has 6 heteroatoms. The minimum absolute atomic E-state index is 0.0637. The number of fused-ring (bicyclic) bond motifs is 2. The lowest BCUT2D eigenvalue weighted by molar-refractivity contribution is -0.118. The Morgan fingerprint density at radius 2 is 1.90 bits per heavy atom. The summed E-state index contributed by atoms with van der Waals surface area (Å²) in [5.41, 5.74) is 3.89. The van der Waals surface area contributed by atoms with Crippen LogP contribution in [-0.2, 0) is 17.8 Å². The summed E-state index contributed by atoms with van der Waals surface area (Å²) in [6, 6.07) is 13.9. The Morgan fingerprint density at radius 3 is 2.68 bits per heavy atom. The minimum atomic E-state index is 0.0637. The van der Waals surface area contributed by atoms with E-state index in [1.807, 2.05) is 58.5 Å². The lowest BCUT2D eigenvalue weighted by atomic mass is 10.0. The van der Waals surface area contributed by atoms with Crippen molar-refractivity contribution in [3.63, 3.8) is 0 Å². The number of likely N-dealkylation sites (tertiary alicyclic amines) is 1. The molecule has 0 unspecified atom stereocenters. The van der Waals surface area contributed by atoms with E-state index in [2.05, 4.69) is 11.5 Å². The lowest BCUT2D eigenvalue weighted by Gasteiger charge is -2.37. The number of aromatic nitrogens is 1. The molecule has 2 amide bonds. The van der Waals surface area contributed by atoms with Gasteiger partial charge in [0, 0.05) is 48.0 Å². The van der Waals surface area contributed by atoms with E-state index in [9.17, 15) is 9.59 Å². The topological polar surface area (TPSA) is 45.6 Å². The molecular weight excluding hydrogens is 410 g/mol. The number of amides is 2. The zero-order valence-corrected chi connectivity index (χ0v) is 18.4. The van der Waals surface area contributed by atoms with Gasteiger partial charge in [-0.15, -0.1) is 0 Å². The maximum atomic E-state index is 13.4. The standard InChI is InChI=1S/C25H26ClN3O2/c1-2-11-28-16-21(20-8-7-18(26)15-23(20)28)25(31)27-12-9-19(10-13-27)29-22-6-4-3-5-17(22)14-24(29)30/h3-8,15-16,19H,2,9-14H2,1H3. The largest absolute Gasteiger partial charge is 0.347 e. The summed E-state index contributed by atoms with van der Waals surface area (Å²) >= 11 is 6.21. The number of anilines is 1. The third-order valence-electron chi connectivity index (χ3n) is 6.52. The predicted molar refractivity (Wildman–Crippen MR) is 124 cm³/mol. The van der Waals surface area contributed by atoms with Crippen molar-refractivity contribution in [2.75, 3.05) is 18.0 Å². The molecule has 1 aromatic heterocycles. The van der Waals surface area contributed by atoms with E-state index in [0.29, 0.717) is 24.5 Å². The number of carbonyl (C=O) groups excluding carboxylic acids is 2. The molecule has 2 aromatic carbocycles. The molecule has 5 nitrogen and oxygen atoms in total. The Morgan fingerprint density at radius 1 is 1.13 bits per heavy atom. The fourth-order valence-electron chi connectivity index (χ4n) is 5.04. The third kappa shape index (κ3) is 3.51. The SMILES string of the molecule is CCCn1cc(C(=O)N2CCC(N3C(=O)Cc4ccccc43)CC2)c2ccc(Cl)cc21. The fraction of sp³-hybridized carbons (Fsp3) is 0.360. The molecule has 31 heavy (non-hydrogen) atoms. The van der Waals surface area contributed by atoms with Gasteiger partial charge >= 0.3 is 0 Å². The van der Waals surface area contributed by atoms with Gasteiger partial charge in [-0.2, -0.15) is 0 Å². The van der Waals surface area contributed by atoms with Crippen molar-refractivity contribution in [2.45, 2.75) is 45.2 Å². The van der Waals surface area contributed by atoms with Crippen LogP contribution in [0.25, 0.3) is 10.9 Å². The van der Waals surface area contributed by atoms with E-state index in [0.717, 1.165) is 53.5 Å². The number of nitrogens with zero attached hydrogens (tertiary/aromatic N) is 3. The van der Waals surface area contributed by atoms with Crippen LogP contribution in [0.1, 0.15) is 42.1 Å². The average molecular weight is 436 g/mol. The van der Waals surface area contributed by atoms with E-state index in [4.69, 9.17) is 11.6 Å². The predicted octanol–water partition coefficient (Wildman–Crippen LogP) is 4.90. The summed E-state index contributed by atoms with van der Waals surface area (Å²) in [5, 5.41) is 1.63. The van der Waals surface area contributed by atoms with Gasteiger partial charge in [-0.1, -0.05) is 42.8 Å². The molecule has 3 heterocycles. The van der Waals surface area contributed by atoms with Crippen molar-refractivity contribution in [3.8, 4) is 0 Å². The Hall–Kier alpha value is -2.79. The van der Waals surface area contributed by atoms with E-state index in [-0.39, 0.29) is 17.9 Å². The molecule has 0 atom stereocenters. The number of halogens is 1. The molecule has 2 aliphatic rings. The second kappa shape index (κ2) is 8.04. The van der Waals surface area contributed by atoms with E-state index < -0.39 is 0 Å². The van der Waals surface area contributed by atoms with Gasteiger partial charge in [0.25, 0.3) is 5.91 Å². The highest BCUT2D eigenvalue weighted by atomic mass is 35.5. The van der Waals surface area contributed by atoms with Crippen LogP contribution in [0.4, 0.5) is 5.69 Å². The molecule has 3 aromatic rings. The zero-order valence-electron chi connectivity index (χ0n) is 17.7. The second-order valence-corrected chi connectivity index (χ2v) is 8.93. The van der Waals surface area contributed by atoms with Crippen LogP contribution in [0.3, 0.4) is 0 Å². The van der Waals surface area contributed by atoms with E-state index >= 15 is 0 Å². The molecule has 0 saturated carbocycles. The first-order valence-electron chi connectivity index (χ1n) is 11.0. The second-order valence-electron chi connectivity index (χ2n) is 8.49. The molecule has 5 rings (SSSR count). The van der Waals surface area contributed by atoms with Crippen LogP contribution < -0.4 is 4.90 Å². The Labute approximate surface area is 187 Å². The first-order valence-corrected chi connectivity index (χ1v) is 11.4. The minimum Gasteiger partial charge on any atom is -0.347 e. The fourth-order valence-corrected chi connectivity index (χ4v) is 5.20. The smallest absolute Gasteiger partial charge is 0.256 e. The highest BCUT2D eigenvalue weighted by Crippen LogP contribution is 2.34. The summed E-state index contributed by atoms with van der Waals surface area (Å²) in [6.07, 6.45) is 5.03. The van der Waals surface area contributed by atoms with Crippen molar-refractivity contribution in [1.82, 2.24) is 9.47 Å².